The van der Waals surface area contributed by atoms with Gasteiger partial charge in [-0.2, -0.15) is 4.72 Å². The number of imidazole rings is 1. The second-order valence-electron chi connectivity index (χ2n) is 6.02. The van der Waals surface area contributed by atoms with Crippen molar-refractivity contribution in [1.29, 1.82) is 0 Å². The van der Waals surface area contributed by atoms with Gasteiger partial charge in [0.25, 0.3) is 0 Å². The molecule has 0 aliphatic rings. The van der Waals surface area contributed by atoms with Crippen LogP contribution < -0.4 is 14.2 Å². The van der Waals surface area contributed by atoms with Crippen molar-refractivity contribution in [2.45, 2.75) is 10.9 Å². The molecule has 2 aromatic carbocycles. The lowest BCUT2D eigenvalue weighted by Gasteiger charge is -2.20. The second kappa shape index (κ2) is 7.99. The van der Waals surface area contributed by atoms with E-state index in [2.05, 4.69) is 9.71 Å². The first-order chi connectivity index (χ1) is 13.4. The standard InChI is InChI=1S/C19H20FN3O4S/c1-23-11-10-21-19(23)18(13-4-6-14(20)7-5-13)22-28(24,25)15-8-9-16(26-2)17(12-15)27-3/h4-12,18,22H,1-3H3. The maximum absolute atomic E-state index is 13.3. The van der Waals surface area contributed by atoms with E-state index in [1.165, 1.54) is 56.7 Å². The number of halogens is 1. The van der Waals surface area contributed by atoms with E-state index in [9.17, 15) is 12.8 Å². The molecule has 0 radical (unpaired) electrons. The van der Waals surface area contributed by atoms with Crippen molar-refractivity contribution >= 4 is 10.0 Å². The summed E-state index contributed by atoms with van der Waals surface area (Å²) in [5, 5.41) is 0. The van der Waals surface area contributed by atoms with Crippen molar-refractivity contribution in [3.63, 3.8) is 0 Å². The lowest BCUT2D eigenvalue weighted by Crippen LogP contribution is -2.31. The molecule has 0 bridgehead atoms. The minimum atomic E-state index is -3.95. The van der Waals surface area contributed by atoms with E-state index in [1.807, 2.05) is 0 Å². The van der Waals surface area contributed by atoms with Crippen LogP contribution in [0.4, 0.5) is 4.39 Å². The van der Waals surface area contributed by atoms with Crippen molar-refractivity contribution in [2.75, 3.05) is 14.2 Å². The molecule has 1 atom stereocenters. The maximum atomic E-state index is 13.3. The van der Waals surface area contributed by atoms with Gasteiger partial charge in [-0.1, -0.05) is 12.1 Å². The lowest BCUT2D eigenvalue weighted by molar-refractivity contribution is 0.354. The number of sulfonamides is 1. The van der Waals surface area contributed by atoms with E-state index >= 15 is 0 Å². The summed E-state index contributed by atoms with van der Waals surface area (Å²) in [6, 6.07) is 9.09. The van der Waals surface area contributed by atoms with Crippen LogP contribution in [0.1, 0.15) is 17.4 Å². The number of benzene rings is 2. The predicted molar refractivity (Wildman–Crippen MR) is 101 cm³/mol. The molecular weight excluding hydrogens is 385 g/mol. The SMILES string of the molecule is COc1ccc(S(=O)(=O)NC(c2ccc(F)cc2)c2nccn2C)cc1OC. The second-order valence-corrected chi connectivity index (χ2v) is 7.73. The van der Waals surface area contributed by atoms with E-state index in [4.69, 9.17) is 9.47 Å². The molecule has 148 valence electrons. The van der Waals surface area contributed by atoms with E-state index in [1.54, 1.807) is 24.0 Å². The van der Waals surface area contributed by atoms with Gasteiger partial charge >= 0.3 is 0 Å². The van der Waals surface area contributed by atoms with Crippen LogP contribution in [0.5, 0.6) is 11.5 Å². The summed E-state index contributed by atoms with van der Waals surface area (Å²) in [5.41, 5.74) is 0.555. The topological polar surface area (TPSA) is 82.5 Å². The maximum Gasteiger partial charge on any atom is 0.241 e. The number of ether oxygens (including phenoxy) is 2. The van der Waals surface area contributed by atoms with Crippen molar-refractivity contribution < 1.29 is 22.3 Å². The Morgan fingerprint density at radius 2 is 1.75 bits per heavy atom. The van der Waals surface area contributed by atoms with E-state index in [-0.39, 0.29) is 4.90 Å². The average molecular weight is 405 g/mol. The number of methoxy groups -OCH3 is 2. The molecule has 0 aliphatic heterocycles. The zero-order chi connectivity index (χ0) is 20.3. The molecule has 3 rings (SSSR count). The highest BCUT2D eigenvalue weighted by Crippen LogP contribution is 2.30. The van der Waals surface area contributed by atoms with Gasteiger partial charge in [-0.15, -0.1) is 0 Å². The normalized spacial score (nSPS) is 12.6. The molecule has 0 saturated heterocycles. The van der Waals surface area contributed by atoms with Crippen LogP contribution in [0, 0.1) is 5.82 Å². The molecule has 1 aromatic heterocycles. The number of aromatic nitrogens is 2. The van der Waals surface area contributed by atoms with Gasteiger partial charge in [0.15, 0.2) is 11.5 Å². The third-order valence-corrected chi connectivity index (χ3v) is 5.68. The molecule has 0 amide bonds. The highest BCUT2D eigenvalue weighted by Gasteiger charge is 2.26. The molecule has 0 fully saturated rings. The van der Waals surface area contributed by atoms with Crippen LogP contribution in [0.2, 0.25) is 0 Å². The smallest absolute Gasteiger partial charge is 0.241 e. The molecule has 1 unspecified atom stereocenters. The molecule has 0 saturated carbocycles. The fourth-order valence-electron chi connectivity index (χ4n) is 2.79. The van der Waals surface area contributed by atoms with Crippen LogP contribution in [0.25, 0.3) is 0 Å². The van der Waals surface area contributed by atoms with Gasteiger partial charge in [0.2, 0.25) is 10.0 Å². The molecule has 9 heteroatoms. The summed E-state index contributed by atoms with van der Waals surface area (Å²) in [5.74, 6) is 0.766. The minimum Gasteiger partial charge on any atom is -0.493 e. The summed E-state index contributed by atoms with van der Waals surface area (Å²) in [6.45, 7) is 0. The molecule has 7 nitrogen and oxygen atoms in total. The van der Waals surface area contributed by atoms with E-state index < -0.39 is 21.9 Å². The molecule has 3 aromatic rings. The van der Waals surface area contributed by atoms with Crippen LogP contribution in [0.15, 0.2) is 59.8 Å². The third-order valence-electron chi connectivity index (χ3n) is 4.26. The summed E-state index contributed by atoms with van der Waals surface area (Å²) in [7, 11) is 0.698. The minimum absolute atomic E-state index is 0.00599. The van der Waals surface area contributed by atoms with Gasteiger partial charge in [0.05, 0.1) is 19.1 Å². The highest BCUT2D eigenvalue weighted by molar-refractivity contribution is 7.89. The molecular formula is C19H20FN3O4S. The zero-order valence-corrected chi connectivity index (χ0v) is 16.4. The van der Waals surface area contributed by atoms with Crippen LogP contribution in [-0.2, 0) is 17.1 Å². The highest BCUT2D eigenvalue weighted by atomic mass is 32.2. The summed E-state index contributed by atoms with van der Waals surface area (Å²) >= 11 is 0. The van der Waals surface area contributed by atoms with E-state index in [0.29, 0.717) is 22.9 Å². The molecule has 0 aliphatic carbocycles. The van der Waals surface area contributed by atoms with Gasteiger partial charge in [0, 0.05) is 25.5 Å². The summed E-state index contributed by atoms with van der Waals surface area (Å²) in [4.78, 5) is 4.26. The average Bonchev–Trinajstić information content (AvgIpc) is 3.12. The number of nitrogens with one attached hydrogen (secondary N) is 1. The Labute approximate surface area is 162 Å². The fraction of sp³-hybridized carbons (Fsp3) is 0.211. The predicted octanol–water partition coefficient (Wildman–Crippen LogP) is 2.64. The largest absolute Gasteiger partial charge is 0.493 e. The van der Waals surface area contributed by atoms with Crippen LogP contribution in [0.3, 0.4) is 0 Å². The molecule has 0 spiro atoms. The van der Waals surface area contributed by atoms with Crippen molar-refractivity contribution in [3.05, 3.63) is 72.1 Å². The quantitative estimate of drug-likeness (QED) is 0.654. The Bertz CT molecular complexity index is 1070. The van der Waals surface area contributed by atoms with Gasteiger partial charge in [-0.3, -0.25) is 0 Å². The van der Waals surface area contributed by atoms with Gasteiger partial charge in [-0.25, -0.2) is 17.8 Å². The van der Waals surface area contributed by atoms with Crippen LogP contribution >= 0.6 is 0 Å². The van der Waals surface area contributed by atoms with Crippen LogP contribution in [-0.4, -0.2) is 32.2 Å². The first-order valence-corrected chi connectivity index (χ1v) is 9.81. The van der Waals surface area contributed by atoms with Crippen molar-refractivity contribution in [2.24, 2.45) is 7.05 Å². The summed E-state index contributed by atoms with van der Waals surface area (Å²) in [6.07, 6.45) is 3.27. The molecule has 28 heavy (non-hydrogen) atoms. The zero-order valence-electron chi connectivity index (χ0n) is 15.6. The number of hydrogen-bond acceptors (Lipinski definition) is 5. The Kier molecular flexibility index (Phi) is 5.66. The van der Waals surface area contributed by atoms with Gasteiger partial charge < -0.3 is 14.0 Å². The van der Waals surface area contributed by atoms with Gasteiger partial charge in [0.1, 0.15) is 17.7 Å². The van der Waals surface area contributed by atoms with Gasteiger partial charge in [-0.05, 0) is 29.8 Å². The molecule has 1 heterocycles. The fourth-order valence-corrected chi connectivity index (χ4v) is 3.98. The first kappa shape index (κ1) is 19.8. The first-order valence-electron chi connectivity index (χ1n) is 8.32. The number of hydrogen-bond donors (Lipinski definition) is 1. The third kappa shape index (κ3) is 4.00. The van der Waals surface area contributed by atoms with Crippen molar-refractivity contribution in [1.82, 2.24) is 14.3 Å². The van der Waals surface area contributed by atoms with Crippen molar-refractivity contribution in [3.8, 4) is 11.5 Å². The number of rotatable bonds is 7. The summed E-state index contributed by atoms with van der Waals surface area (Å²) < 4.78 is 54.1. The Balaban J connectivity index is 2.02. The monoisotopic (exact) mass is 405 g/mol. The Morgan fingerprint density at radius 3 is 2.32 bits per heavy atom. The Hall–Kier alpha value is -2.91. The number of nitrogens with zero attached hydrogens (tertiary/aromatic N) is 2. The lowest BCUT2D eigenvalue weighted by atomic mass is 10.1. The number of aryl methyl sites for hydroxylation is 1. The Morgan fingerprint density at radius 1 is 1.07 bits per heavy atom. The molecule has 1 N–H and O–H groups in total. The van der Waals surface area contributed by atoms with E-state index in [0.717, 1.165) is 0 Å².